The predicted molar refractivity (Wildman–Crippen MR) is 163 cm³/mol. The fourth-order valence-electron chi connectivity index (χ4n) is 5.33. The van der Waals surface area contributed by atoms with Crippen LogP contribution in [-0.4, -0.2) is 47.1 Å². The molecule has 0 bridgehead atoms. The molecule has 8 nitrogen and oxygen atoms in total. The zero-order chi connectivity index (χ0) is 29.2. The van der Waals surface area contributed by atoms with Crippen molar-refractivity contribution < 1.29 is 24.2 Å². The SMILES string of the molecule is COCC(CO)CCCC1=Nc2cc(C3=NO[C@H](c4nc5ccc(Cl)cc5s4)C3)ccc2C(O)N1c1ccc(F)cc1. The number of anilines is 1. The molecule has 218 valence electrons. The highest BCUT2D eigenvalue weighted by atomic mass is 35.5. The van der Waals surface area contributed by atoms with Gasteiger partial charge in [0.15, 0.2) is 12.3 Å². The number of nitrogens with zero attached hydrogens (tertiary/aromatic N) is 4. The normalized spacial score (nSPS) is 18.9. The highest BCUT2D eigenvalue weighted by Gasteiger charge is 2.32. The zero-order valence-corrected chi connectivity index (χ0v) is 24.5. The molecule has 4 aromatic rings. The van der Waals surface area contributed by atoms with Gasteiger partial charge in [-0.25, -0.2) is 14.4 Å². The summed E-state index contributed by atoms with van der Waals surface area (Å²) in [6.45, 7) is 0.502. The lowest BCUT2D eigenvalue weighted by Gasteiger charge is -2.35. The van der Waals surface area contributed by atoms with Crippen LogP contribution in [0, 0.1) is 11.7 Å². The molecule has 0 fully saturated rings. The van der Waals surface area contributed by atoms with Crippen LogP contribution in [0.4, 0.5) is 15.8 Å². The number of aliphatic hydroxyl groups excluding tert-OH is 2. The molecule has 0 spiro atoms. The first kappa shape index (κ1) is 28.7. The van der Waals surface area contributed by atoms with Gasteiger partial charge in [0.2, 0.25) is 0 Å². The summed E-state index contributed by atoms with van der Waals surface area (Å²) in [6, 6.07) is 17.3. The van der Waals surface area contributed by atoms with Gasteiger partial charge in [-0.3, -0.25) is 4.90 Å². The number of aliphatic imine (C=N–C) groups is 1. The minimum atomic E-state index is -1.01. The van der Waals surface area contributed by atoms with E-state index in [9.17, 15) is 14.6 Å². The number of methoxy groups -OCH3 is 1. The minimum Gasteiger partial charge on any atom is -0.396 e. The predicted octanol–water partition coefficient (Wildman–Crippen LogP) is 6.92. The number of amidine groups is 1. The van der Waals surface area contributed by atoms with Crippen LogP contribution in [0.1, 0.15) is 54.1 Å². The molecule has 2 aliphatic heterocycles. The molecule has 1 aromatic heterocycles. The Hall–Kier alpha value is -3.41. The van der Waals surface area contributed by atoms with Crippen LogP contribution in [-0.2, 0) is 9.57 Å². The second kappa shape index (κ2) is 12.4. The molecule has 0 saturated heterocycles. The van der Waals surface area contributed by atoms with Crippen LogP contribution in [0.3, 0.4) is 0 Å². The standard InChI is InChI=1S/C31H30ClFN4O4S/c1-40-17-18(16-38)3-2-4-29-34-26-13-19(5-11-23(26)31(39)37(29)22-9-7-21(33)8-10-22)25-15-27(41-36-25)30-35-24-12-6-20(32)14-28(24)42-30/h5-14,18,27,31,38-39H,2-4,15-17H2,1H3/t18?,27-,31?/m0/s1. The molecule has 0 radical (unpaired) electrons. The molecule has 3 heterocycles. The van der Waals surface area contributed by atoms with Gasteiger partial charge in [0.1, 0.15) is 16.7 Å². The fraction of sp³-hybridized carbons (Fsp3) is 0.323. The van der Waals surface area contributed by atoms with E-state index in [1.165, 1.54) is 12.1 Å². The van der Waals surface area contributed by atoms with E-state index in [-0.39, 0.29) is 24.4 Å². The largest absolute Gasteiger partial charge is 0.396 e. The Kier molecular flexibility index (Phi) is 8.50. The first-order valence-electron chi connectivity index (χ1n) is 13.8. The monoisotopic (exact) mass is 608 g/mol. The van der Waals surface area contributed by atoms with E-state index < -0.39 is 6.23 Å². The minimum absolute atomic E-state index is 0.0167. The Morgan fingerprint density at radius 3 is 2.79 bits per heavy atom. The van der Waals surface area contributed by atoms with Gasteiger partial charge in [0.05, 0.1) is 28.2 Å². The van der Waals surface area contributed by atoms with Crippen LogP contribution < -0.4 is 4.90 Å². The van der Waals surface area contributed by atoms with Crippen molar-refractivity contribution in [3.05, 3.63) is 87.6 Å². The first-order chi connectivity index (χ1) is 20.4. The first-order valence-corrected chi connectivity index (χ1v) is 15.0. The van der Waals surface area contributed by atoms with Crippen LogP contribution in [0.25, 0.3) is 10.2 Å². The van der Waals surface area contributed by atoms with Gasteiger partial charge >= 0.3 is 0 Å². The van der Waals surface area contributed by atoms with Crippen molar-refractivity contribution >= 4 is 56.1 Å². The van der Waals surface area contributed by atoms with E-state index in [0.717, 1.165) is 39.3 Å². The number of fused-ring (bicyclic) bond motifs is 2. The van der Waals surface area contributed by atoms with Gasteiger partial charge < -0.3 is 19.8 Å². The van der Waals surface area contributed by atoms with E-state index in [0.29, 0.717) is 47.2 Å². The molecule has 2 aliphatic rings. The Morgan fingerprint density at radius 2 is 2.00 bits per heavy atom. The van der Waals surface area contributed by atoms with Crippen molar-refractivity contribution in [3.63, 3.8) is 0 Å². The van der Waals surface area contributed by atoms with Crippen molar-refractivity contribution in [2.24, 2.45) is 16.1 Å². The van der Waals surface area contributed by atoms with Gasteiger partial charge in [-0.2, -0.15) is 0 Å². The molecule has 3 atom stereocenters. The second-order valence-corrected chi connectivity index (χ2v) is 11.9. The van der Waals surface area contributed by atoms with E-state index in [2.05, 4.69) is 5.16 Å². The average molecular weight is 609 g/mol. The number of rotatable bonds is 10. The third-order valence-electron chi connectivity index (χ3n) is 7.50. The van der Waals surface area contributed by atoms with Crippen LogP contribution >= 0.6 is 22.9 Å². The Bertz CT molecular complexity index is 1640. The summed E-state index contributed by atoms with van der Waals surface area (Å²) in [5.41, 5.74) is 4.42. The van der Waals surface area contributed by atoms with Crippen molar-refractivity contribution in [1.29, 1.82) is 0 Å². The number of aromatic nitrogens is 1. The number of benzene rings is 3. The maximum Gasteiger partial charge on any atom is 0.184 e. The molecule has 6 rings (SSSR count). The van der Waals surface area contributed by atoms with Crippen LogP contribution in [0.5, 0.6) is 0 Å². The quantitative estimate of drug-likeness (QED) is 0.203. The molecule has 3 aromatic carbocycles. The third kappa shape index (κ3) is 5.91. The number of halogens is 2. The van der Waals surface area contributed by atoms with Gasteiger partial charge in [0.25, 0.3) is 0 Å². The number of ether oxygens (including phenoxy) is 1. The Morgan fingerprint density at radius 1 is 1.17 bits per heavy atom. The highest BCUT2D eigenvalue weighted by molar-refractivity contribution is 7.18. The molecule has 0 saturated carbocycles. The number of thiazole rings is 1. The van der Waals surface area contributed by atoms with E-state index in [1.54, 1.807) is 35.5 Å². The zero-order valence-electron chi connectivity index (χ0n) is 22.9. The van der Waals surface area contributed by atoms with Crippen LogP contribution in [0.2, 0.25) is 5.02 Å². The Balaban J connectivity index is 1.25. The number of hydrogen-bond donors (Lipinski definition) is 2. The van der Waals surface area contributed by atoms with Crippen LogP contribution in [0.15, 0.2) is 70.8 Å². The summed E-state index contributed by atoms with van der Waals surface area (Å²) in [5, 5.41) is 27.1. The van der Waals surface area contributed by atoms with Gasteiger partial charge in [-0.05, 0) is 61.4 Å². The summed E-state index contributed by atoms with van der Waals surface area (Å²) in [6.07, 6.45) is 1.25. The molecule has 0 aliphatic carbocycles. The molecular formula is C31H30ClFN4O4S. The fourth-order valence-corrected chi connectivity index (χ4v) is 6.59. The lowest BCUT2D eigenvalue weighted by atomic mass is 9.98. The van der Waals surface area contributed by atoms with E-state index in [4.69, 9.17) is 31.2 Å². The lowest BCUT2D eigenvalue weighted by molar-refractivity contribution is 0.0857. The smallest absolute Gasteiger partial charge is 0.184 e. The number of aliphatic hydroxyl groups is 2. The molecule has 2 N–H and O–H groups in total. The molecular weight excluding hydrogens is 579 g/mol. The van der Waals surface area contributed by atoms with Crippen molar-refractivity contribution in [1.82, 2.24) is 4.98 Å². The van der Waals surface area contributed by atoms with Crippen molar-refractivity contribution in [2.75, 3.05) is 25.2 Å². The van der Waals surface area contributed by atoms with Gasteiger partial charge in [-0.1, -0.05) is 28.9 Å². The van der Waals surface area contributed by atoms with Crippen molar-refractivity contribution in [2.45, 2.75) is 38.0 Å². The summed E-state index contributed by atoms with van der Waals surface area (Å²) >= 11 is 7.69. The topological polar surface area (TPSA) is 99.8 Å². The Labute approximate surface area is 251 Å². The summed E-state index contributed by atoms with van der Waals surface area (Å²) in [7, 11) is 1.62. The number of hydrogen-bond acceptors (Lipinski definition) is 9. The summed E-state index contributed by atoms with van der Waals surface area (Å²) < 4.78 is 19.9. The molecule has 42 heavy (non-hydrogen) atoms. The summed E-state index contributed by atoms with van der Waals surface area (Å²) in [4.78, 5) is 17.2. The molecule has 0 amide bonds. The maximum atomic E-state index is 13.7. The van der Waals surface area contributed by atoms with E-state index >= 15 is 0 Å². The van der Waals surface area contributed by atoms with Crippen molar-refractivity contribution in [3.8, 4) is 0 Å². The maximum absolute atomic E-state index is 13.7. The summed E-state index contributed by atoms with van der Waals surface area (Å²) in [5.74, 6) is 0.318. The third-order valence-corrected chi connectivity index (χ3v) is 8.85. The molecule has 2 unspecified atom stereocenters. The van der Waals surface area contributed by atoms with E-state index in [1.807, 2.05) is 36.4 Å². The average Bonchev–Trinajstić information content (AvgIpc) is 3.65. The highest BCUT2D eigenvalue weighted by Crippen LogP contribution is 2.40. The van der Waals surface area contributed by atoms with Gasteiger partial charge in [-0.15, -0.1) is 11.3 Å². The number of oxime groups is 1. The second-order valence-electron chi connectivity index (χ2n) is 10.4. The molecule has 11 heteroatoms. The lowest BCUT2D eigenvalue weighted by Crippen LogP contribution is -2.37. The van der Waals surface area contributed by atoms with Gasteiger partial charge in [0, 0.05) is 54.3 Å².